The van der Waals surface area contributed by atoms with Crippen LogP contribution >= 0.6 is 39.1 Å². The highest BCUT2D eigenvalue weighted by Gasteiger charge is 2.16. The lowest BCUT2D eigenvalue weighted by Crippen LogP contribution is -2.06. The molecule has 8 heteroatoms. The van der Waals surface area contributed by atoms with Gasteiger partial charge in [-0.05, 0) is 42.5 Å². The topological polar surface area (TPSA) is 39.7 Å². The fourth-order valence-electron chi connectivity index (χ4n) is 2.82. The zero-order valence-corrected chi connectivity index (χ0v) is 19.4. The number of methoxy groups -OCH3 is 2. The molecule has 3 aromatic rings. The molecule has 158 valence electrons. The van der Waals surface area contributed by atoms with Crippen molar-refractivity contribution in [3.63, 3.8) is 0 Å². The molecule has 0 aromatic heterocycles. The first-order valence-electron chi connectivity index (χ1n) is 8.92. The smallest absolute Gasteiger partial charge is 0.167 e. The Hall–Kier alpha value is -2.15. The highest BCUT2D eigenvalue weighted by molar-refractivity contribution is 9.10. The van der Waals surface area contributed by atoms with E-state index in [1.54, 1.807) is 38.5 Å². The summed E-state index contributed by atoms with van der Waals surface area (Å²) in [6.45, 7) is 0.597. The van der Waals surface area contributed by atoms with Crippen molar-refractivity contribution >= 4 is 44.8 Å². The molecule has 0 radical (unpaired) electrons. The van der Waals surface area contributed by atoms with E-state index in [1.165, 1.54) is 12.1 Å². The van der Waals surface area contributed by atoms with Crippen molar-refractivity contribution in [3.05, 3.63) is 80.0 Å². The van der Waals surface area contributed by atoms with Crippen molar-refractivity contribution in [1.82, 2.24) is 0 Å². The van der Waals surface area contributed by atoms with Crippen molar-refractivity contribution in [2.45, 2.75) is 13.2 Å². The molecule has 3 rings (SSSR count). The van der Waals surface area contributed by atoms with Gasteiger partial charge >= 0.3 is 0 Å². The predicted molar refractivity (Wildman–Crippen MR) is 122 cm³/mol. The first kappa shape index (κ1) is 22.5. The van der Waals surface area contributed by atoms with E-state index in [9.17, 15) is 4.39 Å². The Labute approximate surface area is 193 Å². The van der Waals surface area contributed by atoms with Crippen molar-refractivity contribution in [2.24, 2.45) is 0 Å². The van der Waals surface area contributed by atoms with E-state index in [4.69, 9.17) is 37.4 Å². The maximum atomic E-state index is 13.3. The summed E-state index contributed by atoms with van der Waals surface area (Å²) >= 11 is 15.9. The van der Waals surface area contributed by atoms with Crippen LogP contribution in [0.25, 0.3) is 0 Å². The Morgan fingerprint density at radius 2 is 1.67 bits per heavy atom. The van der Waals surface area contributed by atoms with Crippen LogP contribution in [0.3, 0.4) is 0 Å². The van der Waals surface area contributed by atoms with E-state index in [-0.39, 0.29) is 6.61 Å². The van der Waals surface area contributed by atoms with E-state index < -0.39 is 5.82 Å². The Morgan fingerprint density at radius 1 is 0.933 bits per heavy atom. The van der Waals surface area contributed by atoms with Gasteiger partial charge in [-0.2, -0.15) is 0 Å². The van der Waals surface area contributed by atoms with Gasteiger partial charge in [-0.15, -0.1) is 0 Å². The zero-order valence-electron chi connectivity index (χ0n) is 16.3. The molecule has 0 bridgehead atoms. The van der Waals surface area contributed by atoms with Gasteiger partial charge in [0, 0.05) is 27.8 Å². The fourth-order valence-corrected chi connectivity index (χ4v) is 3.75. The molecule has 4 nitrogen and oxygen atoms in total. The van der Waals surface area contributed by atoms with Crippen LogP contribution in [0.4, 0.5) is 10.1 Å². The van der Waals surface area contributed by atoms with Crippen LogP contribution in [0.5, 0.6) is 17.2 Å². The van der Waals surface area contributed by atoms with Gasteiger partial charge in [0.25, 0.3) is 0 Å². The normalized spacial score (nSPS) is 10.6. The molecule has 0 unspecified atom stereocenters. The number of benzene rings is 3. The molecule has 3 aromatic carbocycles. The average Bonchev–Trinajstić information content (AvgIpc) is 2.72. The molecule has 0 spiro atoms. The summed E-state index contributed by atoms with van der Waals surface area (Å²) < 4.78 is 30.9. The number of nitrogens with one attached hydrogen (secondary N) is 1. The summed E-state index contributed by atoms with van der Waals surface area (Å²) in [5, 5.41) is 4.13. The van der Waals surface area contributed by atoms with Crippen LogP contribution in [-0.2, 0) is 13.2 Å². The standard InChI is InChI=1S/C22H19BrCl2FNO3/c1-28-20-7-5-15(10-19(20)25)27-11-16-17(23)6-8-21(29-2)22(16)30-12-13-3-4-14(26)9-18(13)24/h3-10,27H,11-12H2,1-2H3. The number of anilines is 1. The van der Waals surface area contributed by atoms with E-state index in [2.05, 4.69) is 21.2 Å². The monoisotopic (exact) mass is 513 g/mol. The molecule has 0 aliphatic rings. The summed E-state index contributed by atoms with van der Waals surface area (Å²) in [4.78, 5) is 0. The Morgan fingerprint density at radius 3 is 2.33 bits per heavy atom. The summed E-state index contributed by atoms with van der Waals surface area (Å²) in [6, 6.07) is 13.3. The Kier molecular flexibility index (Phi) is 7.69. The van der Waals surface area contributed by atoms with Gasteiger partial charge in [0.2, 0.25) is 0 Å². The number of ether oxygens (including phenoxy) is 3. The van der Waals surface area contributed by atoms with Gasteiger partial charge < -0.3 is 19.5 Å². The van der Waals surface area contributed by atoms with Gasteiger partial charge in [-0.25, -0.2) is 4.39 Å². The third-order valence-corrected chi connectivity index (χ3v) is 5.79. The van der Waals surface area contributed by atoms with Crippen LogP contribution < -0.4 is 19.5 Å². The summed E-state index contributed by atoms with van der Waals surface area (Å²) in [5.74, 6) is 1.33. The minimum Gasteiger partial charge on any atom is -0.495 e. The van der Waals surface area contributed by atoms with Gasteiger partial charge in [0.15, 0.2) is 11.5 Å². The molecule has 1 N–H and O–H groups in total. The van der Waals surface area contributed by atoms with Gasteiger partial charge in [0.05, 0.1) is 24.3 Å². The lowest BCUT2D eigenvalue weighted by molar-refractivity contribution is 0.281. The van der Waals surface area contributed by atoms with E-state index in [1.807, 2.05) is 12.1 Å². The van der Waals surface area contributed by atoms with Gasteiger partial charge in [-0.3, -0.25) is 0 Å². The van der Waals surface area contributed by atoms with Crippen LogP contribution in [0.2, 0.25) is 10.0 Å². The molecule has 0 saturated carbocycles. The maximum absolute atomic E-state index is 13.3. The Bertz CT molecular complexity index is 1050. The SMILES string of the molecule is COc1ccc(NCc2c(Br)ccc(OC)c2OCc2ccc(F)cc2Cl)cc1Cl. The lowest BCUT2D eigenvalue weighted by atomic mass is 10.1. The van der Waals surface area contributed by atoms with E-state index in [0.29, 0.717) is 39.4 Å². The largest absolute Gasteiger partial charge is 0.495 e. The summed E-state index contributed by atoms with van der Waals surface area (Å²) in [5.41, 5.74) is 2.34. The third kappa shape index (κ3) is 5.31. The Balaban J connectivity index is 1.83. The van der Waals surface area contributed by atoms with Crippen LogP contribution in [-0.4, -0.2) is 14.2 Å². The summed E-state index contributed by atoms with van der Waals surface area (Å²) in [6.07, 6.45) is 0. The first-order chi connectivity index (χ1) is 14.4. The second-order valence-electron chi connectivity index (χ2n) is 6.28. The molecular formula is C22H19BrCl2FNO3. The molecule has 0 aliphatic heterocycles. The predicted octanol–water partition coefficient (Wildman–Crippen LogP) is 7.10. The third-order valence-electron chi connectivity index (χ3n) is 4.40. The summed E-state index contributed by atoms with van der Waals surface area (Å²) in [7, 11) is 3.14. The van der Waals surface area contributed by atoms with Gasteiger partial charge in [-0.1, -0.05) is 45.2 Å². The number of hydrogen-bond donors (Lipinski definition) is 1. The van der Waals surface area contributed by atoms with Crippen molar-refractivity contribution in [2.75, 3.05) is 19.5 Å². The van der Waals surface area contributed by atoms with Crippen LogP contribution in [0, 0.1) is 5.82 Å². The number of rotatable bonds is 8. The molecule has 0 heterocycles. The fraction of sp³-hybridized carbons (Fsp3) is 0.182. The molecular weight excluding hydrogens is 496 g/mol. The first-order valence-corrected chi connectivity index (χ1v) is 10.5. The van der Waals surface area contributed by atoms with Crippen molar-refractivity contribution in [3.8, 4) is 17.2 Å². The number of hydrogen-bond acceptors (Lipinski definition) is 4. The molecule has 30 heavy (non-hydrogen) atoms. The van der Waals surface area contributed by atoms with Crippen LogP contribution in [0.15, 0.2) is 53.0 Å². The molecule has 0 aliphatic carbocycles. The second-order valence-corrected chi connectivity index (χ2v) is 7.95. The van der Waals surface area contributed by atoms with Gasteiger partial charge in [0.1, 0.15) is 18.2 Å². The van der Waals surface area contributed by atoms with Crippen molar-refractivity contribution in [1.29, 1.82) is 0 Å². The minimum absolute atomic E-state index is 0.160. The molecule has 0 fully saturated rings. The minimum atomic E-state index is -0.396. The van der Waals surface area contributed by atoms with E-state index in [0.717, 1.165) is 15.7 Å². The van der Waals surface area contributed by atoms with E-state index >= 15 is 0 Å². The maximum Gasteiger partial charge on any atom is 0.167 e. The lowest BCUT2D eigenvalue weighted by Gasteiger charge is -2.18. The number of halogens is 4. The van der Waals surface area contributed by atoms with Crippen LogP contribution in [0.1, 0.15) is 11.1 Å². The molecule has 0 amide bonds. The highest BCUT2D eigenvalue weighted by atomic mass is 79.9. The quantitative estimate of drug-likeness (QED) is 0.348. The molecule has 0 atom stereocenters. The van der Waals surface area contributed by atoms with Crippen molar-refractivity contribution < 1.29 is 18.6 Å². The second kappa shape index (κ2) is 10.2. The average molecular weight is 515 g/mol. The highest BCUT2D eigenvalue weighted by Crippen LogP contribution is 2.38. The zero-order chi connectivity index (χ0) is 21.7. The molecule has 0 saturated heterocycles.